The van der Waals surface area contributed by atoms with Crippen LogP contribution in [-0.4, -0.2) is 31.5 Å². The molecule has 150 valence electrons. The van der Waals surface area contributed by atoms with Crippen molar-refractivity contribution in [3.8, 4) is 5.75 Å². The molecule has 1 amide bonds. The van der Waals surface area contributed by atoms with E-state index in [1.165, 1.54) is 11.6 Å². The molecule has 2 aromatic rings. The molecule has 0 spiro atoms. The van der Waals surface area contributed by atoms with Gasteiger partial charge >= 0.3 is 6.18 Å². The van der Waals surface area contributed by atoms with E-state index in [-0.39, 0.29) is 16.9 Å². The van der Waals surface area contributed by atoms with E-state index in [9.17, 15) is 18.0 Å². The number of alkyl halides is 3. The van der Waals surface area contributed by atoms with E-state index >= 15 is 0 Å². The largest absolute Gasteiger partial charge is 0.496 e. The smallest absolute Gasteiger partial charge is 0.419 e. The molecular formula is C21H23F3N2O2. The van der Waals surface area contributed by atoms with Crippen LogP contribution < -0.4 is 10.1 Å². The number of carbonyl (C=O) groups is 1. The van der Waals surface area contributed by atoms with E-state index in [0.717, 1.165) is 37.8 Å². The maximum atomic E-state index is 13.2. The summed E-state index contributed by atoms with van der Waals surface area (Å²) in [4.78, 5) is 14.8. The molecule has 0 aliphatic carbocycles. The number of fused-ring (bicyclic) bond motifs is 1. The predicted molar refractivity (Wildman–Crippen MR) is 102 cm³/mol. The lowest BCUT2D eigenvalue weighted by atomic mass is 9.83. The fourth-order valence-electron chi connectivity index (χ4n) is 3.49. The van der Waals surface area contributed by atoms with Gasteiger partial charge in [0, 0.05) is 23.3 Å². The minimum absolute atomic E-state index is 0.0813. The summed E-state index contributed by atoms with van der Waals surface area (Å²) in [6.07, 6.45) is -3.70. The number of hydrogen-bond donors (Lipinski definition) is 1. The second-order valence-corrected chi connectivity index (χ2v) is 7.47. The molecule has 2 aromatic carbocycles. The number of halogens is 3. The number of likely N-dealkylation sites (N-methyl/N-ethyl adjacent to an activating group) is 1. The third-order valence-corrected chi connectivity index (χ3v) is 5.46. The number of hydrogen-bond acceptors (Lipinski definition) is 3. The van der Waals surface area contributed by atoms with Gasteiger partial charge in [0.25, 0.3) is 5.91 Å². The second kappa shape index (κ2) is 7.13. The van der Waals surface area contributed by atoms with Crippen molar-refractivity contribution in [3.05, 3.63) is 58.7 Å². The highest BCUT2D eigenvalue weighted by atomic mass is 19.4. The zero-order chi connectivity index (χ0) is 20.7. The van der Waals surface area contributed by atoms with Crippen LogP contribution in [0.3, 0.4) is 0 Å². The Morgan fingerprint density at radius 1 is 1.18 bits per heavy atom. The van der Waals surface area contributed by atoms with Crippen LogP contribution in [0.15, 0.2) is 36.4 Å². The fraction of sp³-hybridized carbons (Fsp3) is 0.381. The minimum atomic E-state index is -4.61. The van der Waals surface area contributed by atoms with Crippen molar-refractivity contribution in [2.75, 3.05) is 26.0 Å². The Hall–Kier alpha value is -2.54. The van der Waals surface area contributed by atoms with Gasteiger partial charge in [-0.15, -0.1) is 0 Å². The number of amides is 1. The van der Waals surface area contributed by atoms with Gasteiger partial charge in [0.2, 0.25) is 0 Å². The third kappa shape index (κ3) is 3.71. The number of benzene rings is 2. The maximum absolute atomic E-state index is 13.2. The summed E-state index contributed by atoms with van der Waals surface area (Å²) >= 11 is 0. The number of nitrogens with one attached hydrogen (secondary N) is 1. The Labute approximate surface area is 162 Å². The van der Waals surface area contributed by atoms with E-state index in [1.807, 2.05) is 19.2 Å². The Balaban J connectivity index is 1.89. The Kier molecular flexibility index (Phi) is 5.14. The van der Waals surface area contributed by atoms with Crippen molar-refractivity contribution >= 4 is 11.6 Å². The lowest BCUT2D eigenvalue weighted by Gasteiger charge is -2.41. The Morgan fingerprint density at radius 2 is 1.89 bits per heavy atom. The van der Waals surface area contributed by atoms with E-state index in [4.69, 9.17) is 4.74 Å². The fourth-order valence-corrected chi connectivity index (χ4v) is 3.49. The zero-order valence-electron chi connectivity index (χ0n) is 16.3. The topological polar surface area (TPSA) is 41.6 Å². The molecule has 3 rings (SSSR count). The van der Waals surface area contributed by atoms with Crippen molar-refractivity contribution in [3.63, 3.8) is 0 Å². The Morgan fingerprint density at radius 3 is 2.54 bits per heavy atom. The van der Waals surface area contributed by atoms with E-state index in [1.54, 1.807) is 6.07 Å². The molecule has 0 bridgehead atoms. The molecule has 0 fully saturated rings. The van der Waals surface area contributed by atoms with Crippen molar-refractivity contribution in [2.45, 2.75) is 32.0 Å². The maximum Gasteiger partial charge on any atom is 0.419 e. The normalized spacial score (nSPS) is 16.4. The zero-order valence-corrected chi connectivity index (χ0v) is 16.3. The van der Waals surface area contributed by atoms with Crippen LogP contribution in [0.25, 0.3) is 0 Å². The van der Waals surface area contributed by atoms with Gasteiger partial charge in [-0.2, -0.15) is 13.2 Å². The van der Waals surface area contributed by atoms with Crippen LogP contribution in [0.2, 0.25) is 0 Å². The predicted octanol–water partition coefficient (Wildman–Crippen LogP) is 4.69. The molecule has 1 heterocycles. The number of methoxy groups -OCH3 is 1. The first-order chi connectivity index (χ1) is 13.0. The highest BCUT2D eigenvalue weighted by Crippen LogP contribution is 2.37. The van der Waals surface area contributed by atoms with Crippen LogP contribution >= 0.6 is 0 Å². The van der Waals surface area contributed by atoms with Gasteiger partial charge < -0.3 is 10.1 Å². The average molecular weight is 392 g/mol. The molecule has 1 N–H and O–H groups in total. The monoisotopic (exact) mass is 392 g/mol. The highest BCUT2D eigenvalue weighted by molar-refractivity contribution is 6.04. The third-order valence-electron chi connectivity index (χ3n) is 5.46. The molecule has 0 aromatic heterocycles. The molecule has 0 saturated heterocycles. The first-order valence-electron chi connectivity index (χ1n) is 8.95. The van der Waals surface area contributed by atoms with Gasteiger partial charge in [0.05, 0.1) is 12.7 Å². The lowest BCUT2D eigenvalue weighted by molar-refractivity contribution is -0.138. The van der Waals surface area contributed by atoms with Crippen molar-refractivity contribution in [2.24, 2.45) is 0 Å². The summed E-state index contributed by atoms with van der Waals surface area (Å²) in [6.45, 7) is 5.16. The molecule has 7 heteroatoms. The quantitative estimate of drug-likeness (QED) is 0.824. The molecular weight excluding hydrogens is 369 g/mol. The first kappa shape index (κ1) is 20.2. The van der Waals surface area contributed by atoms with Gasteiger partial charge in [-0.3, -0.25) is 9.69 Å². The van der Waals surface area contributed by atoms with Gasteiger partial charge in [-0.1, -0.05) is 6.07 Å². The first-order valence-corrected chi connectivity index (χ1v) is 8.95. The SMILES string of the molecule is COc1ccc(C(=O)Nc2ccc3c(c2)C(C)(C)N(C)CC3)cc1C(F)(F)F. The number of carbonyl (C=O) groups excluding carboxylic acids is 1. The molecule has 0 saturated carbocycles. The van der Waals surface area contributed by atoms with Crippen LogP contribution in [0, 0.1) is 0 Å². The van der Waals surface area contributed by atoms with Crippen LogP contribution in [0.1, 0.15) is 40.9 Å². The second-order valence-electron chi connectivity index (χ2n) is 7.47. The molecule has 4 nitrogen and oxygen atoms in total. The summed E-state index contributed by atoms with van der Waals surface area (Å²) in [5, 5.41) is 2.71. The number of rotatable bonds is 3. The molecule has 0 atom stereocenters. The number of anilines is 1. The van der Waals surface area contributed by atoms with Crippen molar-refractivity contribution in [1.29, 1.82) is 0 Å². The van der Waals surface area contributed by atoms with Gasteiger partial charge in [0.1, 0.15) is 5.75 Å². The van der Waals surface area contributed by atoms with E-state index in [0.29, 0.717) is 5.69 Å². The lowest BCUT2D eigenvalue weighted by Crippen LogP contribution is -2.44. The minimum Gasteiger partial charge on any atom is -0.496 e. The molecule has 0 unspecified atom stereocenters. The van der Waals surface area contributed by atoms with Crippen molar-refractivity contribution in [1.82, 2.24) is 4.90 Å². The van der Waals surface area contributed by atoms with Crippen LogP contribution in [-0.2, 0) is 18.1 Å². The van der Waals surface area contributed by atoms with Crippen LogP contribution in [0.4, 0.5) is 18.9 Å². The average Bonchev–Trinajstić information content (AvgIpc) is 2.64. The summed E-state index contributed by atoms with van der Waals surface area (Å²) in [6, 6.07) is 8.94. The molecule has 1 aliphatic rings. The molecule has 0 radical (unpaired) electrons. The Bertz CT molecular complexity index is 907. The van der Waals surface area contributed by atoms with Gasteiger partial charge in [0.15, 0.2) is 0 Å². The van der Waals surface area contributed by atoms with Gasteiger partial charge in [-0.05, 0) is 68.8 Å². The highest BCUT2D eigenvalue weighted by Gasteiger charge is 2.35. The van der Waals surface area contributed by atoms with Crippen molar-refractivity contribution < 1.29 is 22.7 Å². The standard InChI is InChI=1S/C21H23F3N2O2/c1-20(2)16-12-15(7-5-13(16)9-10-26(20)3)25-19(27)14-6-8-18(28-4)17(11-14)21(22,23)24/h5-8,11-12H,9-10H2,1-4H3,(H,25,27). The van der Waals surface area contributed by atoms with E-state index < -0.39 is 17.6 Å². The van der Waals surface area contributed by atoms with Gasteiger partial charge in [-0.25, -0.2) is 0 Å². The molecule has 1 aliphatic heterocycles. The van der Waals surface area contributed by atoms with Crippen LogP contribution in [0.5, 0.6) is 5.75 Å². The summed E-state index contributed by atoms with van der Waals surface area (Å²) in [5.74, 6) is -0.919. The van der Waals surface area contributed by atoms with E-state index in [2.05, 4.69) is 24.1 Å². The number of ether oxygens (including phenoxy) is 1. The summed E-state index contributed by atoms with van der Waals surface area (Å²) in [7, 11) is 3.21. The summed E-state index contributed by atoms with van der Waals surface area (Å²) < 4.78 is 44.4. The molecule has 28 heavy (non-hydrogen) atoms. The summed E-state index contributed by atoms with van der Waals surface area (Å²) in [5.41, 5.74) is 1.61. The number of nitrogens with zero attached hydrogens (tertiary/aromatic N) is 1.